The van der Waals surface area contributed by atoms with Gasteiger partial charge in [-0.15, -0.1) is 0 Å². The first-order valence-electron chi connectivity index (χ1n) is 5.10. The third-order valence-electron chi connectivity index (χ3n) is 2.21. The summed E-state index contributed by atoms with van der Waals surface area (Å²) in [5.41, 5.74) is 1.31. The molecule has 1 aromatic carbocycles. The third-order valence-corrected chi connectivity index (χ3v) is 2.85. The van der Waals surface area contributed by atoms with Gasteiger partial charge in [-0.2, -0.15) is 0 Å². The fourth-order valence-electron chi connectivity index (χ4n) is 1.41. The number of alkyl halides is 2. The average Bonchev–Trinajstić information content (AvgIpc) is 2.25. The Hall–Kier alpha value is -1.43. The summed E-state index contributed by atoms with van der Waals surface area (Å²) in [7, 11) is 1.57. The fourth-order valence-corrected chi connectivity index (χ4v) is 2.11. The predicted molar refractivity (Wildman–Crippen MR) is 70.1 cm³/mol. The van der Waals surface area contributed by atoms with Crippen molar-refractivity contribution in [1.82, 2.24) is 0 Å². The Balaban J connectivity index is 2.89. The molecule has 0 aliphatic heterocycles. The first kappa shape index (κ1) is 14.6. The quantitative estimate of drug-likeness (QED) is 0.847. The number of nitrogens with zero attached hydrogens (tertiary/aromatic N) is 1. The van der Waals surface area contributed by atoms with E-state index >= 15 is 0 Å². The molecule has 0 amide bonds. The second-order valence-electron chi connectivity index (χ2n) is 3.65. The van der Waals surface area contributed by atoms with Crippen molar-refractivity contribution in [3.8, 4) is 0 Å². The maximum Gasteiger partial charge on any atom is 0.328 e. The van der Waals surface area contributed by atoms with Crippen molar-refractivity contribution in [2.75, 3.05) is 18.5 Å². The Kier molecular flexibility index (Phi) is 5.27. The molecule has 0 aliphatic rings. The van der Waals surface area contributed by atoms with Crippen LogP contribution in [0.2, 0.25) is 0 Å². The van der Waals surface area contributed by atoms with Gasteiger partial charge in [0.15, 0.2) is 0 Å². The molecule has 1 N–H and O–H groups in total. The summed E-state index contributed by atoms with van der Waals surface area (Å²) in [5, 5.41) is 8.50. The number of halogens is 3. The van der Waals surface area contributed by atoms with Crippen LogP contribution in [0.15, 0.2) is 28.7 Å². The molecular weight excluding hydrogens is 308 g/mol. The number of hydrogen-bond donors (Lipinski definition) is 1. The van der Waals surface area contributed by atoms with Crippen molar-refractivity contribution in [2.24, 2.45) is 0 Å². The van der Waals surface area contributed by atoms with E-state index in [-0.39, 0.29) is 6.54 Å². The topological polar surface area (TPSA) is 40.5 Å². The van der Waals surface area contributed by atoms with Gasteiger partial charge in [-0.25, -0.2) is 13.6 Å². The maximum atomic E-state index is 12.3. The van der Waals surface area contributed by atoms with E-state index < -0.39 is 12.4 Å². The predicted octanol–water partition coefficient (Wildman–Crippen LogP) is 3.25. The van der Waals surface area contributed by atoms with Crippen LogP contribution < -0.4 is 4.90 Å². The van der Waals surface area contributed by atoms with Crippen molar-refractivity contribution in [1.29, 1.82) is 0 Å². The van der Waals surface area contributed by atoms with Crippen LogP contribution in [-0.2, 0) is 4.79 Å². The Morgan fingerprint density at radius 3 is 2.72 bits per heavy atom. The molecule has 0 aliphatic carbocycles. The molecule has 6 heteroatoms. The van der Waals surface area contributed by atoms with Crippen LogP contribution in [0, 0.1) is 0 Å². The van der Waals surface area contributed by atoms with E-state index in [4.69, 9.17) is 5.11 Å². The largest absolute Gasteiger partial charge is 0.478 e. The van der Waals surface area contributed by atoms with E-state index in [9.17, 15) is 13.6 Å². The van der Waals surface area contributed by atoms with Gasteiger partial charge in [0, 0.05) is 17.6 Å². The Morgan fingerprint density at radius 2 is 2.22 bits per heavy atom. The molecule has 0 fully saturated rings. The van der Waals surface area contributed by atoms with Crippen LogP contribution in [0.1, 0.15) is 5.56 Å². The number of carbonyl (C=O) groups is 1. The maximum absolute atomic E-state index is 12.3. The molecule has 0 atom stereocenters. The molecule has 3 nitrogen and oxygen atoms in total. The monoisotopic (exact) mass is 319 g/mol. The van der Waals surface area contributed by atoms with Gasteiger partial charge in [-0.1, -0.05) is 6.07 Å². The first-order chi connectivity index (χ1) is 8.40. The highest BCUT2D eigenvalue weighted by Crippen LogP contribution is 2.27. The van der Waals surface area contributed by atoms with E-state index in [2.05, 4.69) is 15.9 Å². The minimum Gasteiger partial charge on any atom is -0.478 e. The lowest BCUT2D eigenvalue weighted by Gasteiger charge is -2.20. The number of carboxylic acid groups (broad SMARTS) is 1. The highest BCUT2D eigenvalue weighted by molar-refractivity contribution is 9.10. The van der Waals surface area contributed by atoms with Crippen LogP contribution in [0.25, 0.3) is 6.08 Å². The fraction of sp³-hybridized carbons (Fsp3) is 0.250. The molecule has 0 aromatic heterocycles. The molecule has 0 radical (unpaired) electrons. The zero-order valence-corrected chi connectivity index (χ0v) is 11.2. The van der Waals surface area contributed by atoms with Crippen LogP contribution >= 0.6 is 15.9 Å². The highest BCUT2D eigenvalue weighted by atomic mass is 79.9. The molecule has 18 heavy (non-hydrogen) atoms. The van der Waals surface area contributed by atoms with Crippen LogP contribution in [0.3, 0.4) is 0 Å². The summed E-state index contributed by atoms with van der Waals surface area (Å²) in [4.78, 5) is 11.8. The van der Waals surface area contributed by atoms with E-state index in [1.54, 1.807) is 25.2 Å². The molecule has 1 aromatic rings. The van der Waals surface area contributed by atoms with E-state index in [0.717, 1.165) is 6.08 Å². The van der Waals surface area contributed by atoms with Crippen molar-refractivity contribution in [2.45, 2.75) is 6.43 Å². The van der Waals surface area contributed by atoms with Crippen LogP contribution in [-0.4, -0.2) is 31.1 Å². The molecule has 0 saturated heterocycles. The SMILES string of the molecule is CN(CC(F)F)c1ccc(/C=C/C(=O)O)cc1Br. The van der Waals surface area contributed by atoms with Crippen molar-refractivity contribution in [3.63, 3.8) is 0 Å². The van der Waals surface area contributed by atoms with Crippen molar-refractivity contribution in [3.05, 3.63) is 34.3 Å². The summed E-state index contributed by atoms with van der Waals surface area (Å²) in [5.74, 6) is -1.04. The Bertz CT molecular complexity index is 463. The van der Waals surface area contributed by atoms with E-state index in [0.29, 0.717) is 15.7 Å². The van der Waals surface area contributed by atoms with E-state index in [1.165, 1.54) is 11.0 Å². The van der Waals surface area contributed by atoms with Gasteiger partial charge in [-0.05, 0) is 39.7 Å². The second-order valence-corrected chi connectivity index (χ2v) is 4.51. The second kappa shape index (κ2) is 6.49. The lowest BCUT2D eigenvalue weighted by molar-refractivity contribution is -0.131. The third kappa shape index (κ3) is 4.44. The smallest absolute Gasteiger partial charge is 0.328 e. The minimum absolute atomic E-state index is 0.358. The first-order valence-corrected chi connectivity index (χ1v) is 5.89. The normalized spacial score (nSPS) is 11.2. The van der Waals surface area contributed by atoms with Gasteiger partial charge in [0.25, 0.3) is 6.43 Å². The minimum atomic E-state index is -2.41. The summed E-state index contributed by atoms with van der Waals surface area (Å²) < 4.78 is 25.2. The standard InChI is InChI=1S/C12H12BrF2NO2/c1-16(7-11(14)15)10-4-2-8(6-9(10)13)3-5-12(17)18/h2-6,11H,7H2,1H3,(H,17,18)/b5-3+. The average molecular weight is 320 g/mol. The number of rotatable bonds is 5. The van der Waals surface area contributed by atoms with Gasteiger partial charge < -0.3 is 10.0 Å². The van der Waals surface area contributed by atoms with Gasteiger partial charge in [0.2, 0.25) is 0 Å². The van der Waals surface area contributed by atoms with Gasteiger partial charge in [0.1, 0.15) is 0 Å². The van der Waals surface area contributed by atoms with Crippen molar-refractivity contribution >= 4 is 33.7 Å². The van der Waals surface area contributed by atoms with Gasteiger partial charge in [0.05, 0.1) is 12.2 Å². The number of anilines is 1. The number of aliphatic carboxylic acids is 1. The van der Waals surface area contributed by atoms with Gasteiger partial charge >= 0.3 is 5.97 Å². The molecule has 0 unspecified atom stereocenters. The van der Waals surface area contributed by atoms with E-state index in [1.807, 2.05) is 0 Å². The Labute approximate surface area is 112 Å². The number of benzene rings is 1. The molecule has 98 valence electrons. The summed E-state index contributed by atoms with van der Waals surface area (Å²) >= 11 is 3.28. The summed E-state index contributed by atoms with van der Waals surface area (Å²) in [6, 6.07) is 5.01. The summed E-state index contributed by atoms with van der Waals surface area (Å²) in [6.07, 6.45) is 0.0439. The molecule has 0 bridgehead atoms. The highest BCUT2D eigenvalue weighted by Gasteiger charge is 2.11. The van der Waals surface area contributed by atoms with Crippen LogP contribution in [0.5, 0.6) is 0 Å². The molecule has 0 spiro atoms. The van der Waals surface area contributed by atoms with Gasteiger partial charge in [-0.3, -0.25) is 0 Å². The van der Waals surface area contributed by atoms with Crippen LogP contribution in [0.4, 0.5) is 14.5 Å². The number of carboxylic acids is 1. The molecular formula is C12H12BrF2NO2. The lowest BCUT2D eigenvalue weighted by atomic mass is 10.2. The summed E-state index contributed by atoms with van der Waals surface area (Å²) in [6.45, 7) is -0.358. The molecule has 0 saturated carbocycles. The van der Waals surface area contributed by atoms with Crippen molar-refractivity contribution < 1.29 is 18.7 Å². The number of hydrogen-bond acceptors (Lipinski definition) is 2. The zero-order chi connectivity index (χ0) is 13.7. The Morgan fingerprint density at radius 1 is 1.56 bits per heavy atom. The molecule has 1 rings (SSSR count). The lowest BCUT2D eigenvalue weighted by Crippen LogP contribution is -2.24. The molecule has 0 heterocycles. The zero-order valence-electron chi connectivity index (χ0n) is 9.61.